The predicted molar refractivity (Wildman–Crippen MR) is 106 cm³/mol. The van der Waals surface area contributed by atoms with Crippen molar-refractivity contribution in [2.75, 3.05) is 17.8 Å². The fraction of sp³-hybridized carbons (Fsp3) is 0.682. The molecule has 6 aliphatic rings. The van der Waals surface area contributed by atoms with Gasteiger partial charge in [0.25, 0.3) is 0 Å². The number of hydrogen-bond donors (Lipinski definition) is 1. The summed E-state index contributed by atoms with van der Waals surface area (Å²) in [4.78, 5) is 17.2. The standard InChI is InChI=1S/C22H27ClN2O3/c1-3-11-12-8-15-19-22(13-6-4-5-7-14(13)24(19)2)9-16(25(15)21(11)27)18(12)20(22)28-17(26)10-23/h4-7,11-12,15-16,18-21,27H,3,8-10H2,1-2H3/t11-,12+,15+,16+,18?,19+,20-,21+,22-/m1/s1. The number of nitrogens with zero attached hydrogens (tertiary/aromatic N) is 2. The summed E-state index contributed by atoms with van der Waals surface area (Å²) in [5.41, 5.74) is 2.36. The Bertz CT molecular complexity index is 849. The van der Waals surface area contributed by atoms with E-state index < -0.39 is 0 Å². The van der Waals surface area contributed by atoms with Crippen LogP contribution in [0.4, 0.5) is 5.69 Å². The second-order valence-electron chi connectivity index (χ2n) is 9.41. The van der Waals surface area contributed by atoms with E-state index in [0.717, 1.165) is 19.3 Å². The van der Waals surface area contributed by atoms with E-state index in [9.17, 15) is 9.90 Å². The average molecular weight is 403 g/mol. The van der Waals surface area contributed by atoms with Gasteiger partial charge in [0.2, 0.25) is 0 Å². The highest BCUT2D eigenvalue weighted by Gasteiger charge is 2.77. The molecule has 7 rings (SSSR count). The Morgan fingerprint density at radius 2 is 2.14 bits per heavy atom. The van der Waals surface area contributed by atoms with E-state index in [2.05, 4.69) is 48.0 Å². The number of carbonyl (C=O) groups is 1. The Kier molecular flexibility index (Phi) is 3.54. The lowest BCUT2D eigenvalue weighted by Crippen LogP contribution is -2.72. The van der Waals surface area contributed by atoms with Crippen molar-refractivity contribution in [3.8, 4) is 0 Å². The van der Waals surface area contributed by atoms with Crippen molar-refractivity contribution < 1.29 is 14.6 Å². The van der Waals surface area contributed by atoms with Gasteiger partial charge in [-0.25, -0.2) is 0 Å². The van der Waals surface area contributed by atoms with E-state index in [-0.39, 0.29) is 53.5 Å². The Hall–Kier alpha value is -1.30. The highest BCUT2D eigenvalue weighted by molar-refractivity contribution is 6.26. The second kappa shape index (κ2) is 5.65. The number of benzene rings is 1. The van der Waals surface area contributed by atoms with E-state index in [4.69, 9.17) is 16.3 Å². The van der Waals surface area contributed by atoms with Crippen LogP contribution in [-0.2, 0) is 14.9 Å². The molecular formula is C22H27ClN2O3. The average Bonchev–Trinajstić information content (AvgIpc) is 3.10. The number of carbonyl (C=O) groups excluding carboxylic acids is 1. The normalized spacial score (nSPS) is 49.3. The van der Waals surface area contributed by atoms with Crippen LogP contribution in [0.2, 0.25) is 0 Å². The predicted octanol–water partition coefficient (Wildman–Crippen LogP) is 2.34. The van der Waals surface area contributed by atoms with Gasteiger partial charge in [0.15, 0.2) is 0 Å². The lowest BCUT2D eigenvalue weighted by molar-refractivity contribution is -0.212. The zero-order valence-electron chi connectivity index (χ0n) is 16.3. The summed E-state index contributed by atoms with van der Waals surface area (Å²) in [7, 11) is 2.17. The number of aliphatic hydroxyl groups excluding tert-OH is 1. The van der Waals surface area contributed by atoms with E-state index in [0.29, 0.717) is 12.0 Å². The summed E-state index contributed by atoms with van der Waals surface area (Å²) in [6.07, 6.45) is 2.44. The fourth-order valence-corrected chi connectivity index (χ4v) is 8.26. The molecular weight excluding hydrogens is 376 g/mol. The van der Waals surface area contributed by atoms with Gasteiger partial charge in [-0.3, -0.25) is 9.69 Å². The summed E-state index contributed by atoms with van der Waals surface area (Å²) in [5.74, 6) is 0.510. The molecule has 2 unspecified atom stereocenters. The molecule has 5 heterocycles. The Labute approximate surface area is 170 Å². The van der Waals surface area contributed by atoms with Crippen molar-refractivity contribution in [3.63, 3.8) is 0 Å². The molecule has 0 radical (unpaired) electrons. The highest BCUT2D eigenvalue weighted by atomic mass is 35.5. The first kappa shape index (κ1) is 17.5. The van der Waals surface area contributed by atoms with Crippen LogP contribution in [-0.4, -0.2) is 59.4 Å². The number of piperidine rings is 4. The lowest BCUT2D eigenvalue weighted by Gasteiger charge is -2.62. The number of hydrogen-bond acceptors (Lipinski definition) is 5. The number of ether oxygens (including phenoxy) is 1. The molecule has 0 amide bonds. The van der Waals surface area contributed by atoms with Crippen LogP contribution in [0.3, 0.4) is 0 Å². The number of anilines is 1. The molecule has 1 saturated carbocycles. The van der Waals surface area contributed by atoms with Crippen LogP contribution in [0.5, 0.6) is 0 Å². The van der Waals surface area contributed by atoms with Crippen LogP contribution in [0.15, 0.2) is 24.3 Å². The fourth-order valence-electron chi connectivity index (χ4n) is 8.20. The van der Waals surface area contributed by atoms with Gasteiger partial charge >= 0.3 is 5.97 Å². The number of esters is 1. The third-order valence-electron chi connectivity index (χ3n) is 8.79. The van der Waals surface area contributed by atoms with E-state index >= 15 is 0 Å². The van der Waals surface area contributed by atoms with E-state index in [1.807, 2.05) is 0 Å². The zero-order valence-corrected chi connectivity index (χ0v) is 17.0. The molecule has 1 N–H and O–H groups in total. The maximum absolute atomic E-state index is 12.4. The monoisotopic (exact) mass is 402 g/mol. The van der Waals surface area contributed by atoms with Gasteiger partial charge in [0.1, 0.15) is 18.2 Å². The number of fused-ring (bicyclic) bond motifs is 2. The lowest BCUT2D eigenvalue weighted by atomic mass is 9.62. The maximum Gasteiger partial charge on any atom is 0.321 e. The molecule has 5 nitrogen and oxygen atoms in total. The molecule has 5 bridgehead atoms. The molecule has 4 saturated heterocycles. The molecule has 150 valence electrons. The van der Waals surface area contributed by atoms with Gasteiger partial charge in [0, 0.05) is 36.7 Å². The number of aliphatic hydroxyl groups is 1. The number of rotatable bonds is 3. The van der Waals surface area contributed by atoms with Crippen molar-refractivity contribution in [2.24, 2.45) is 17.8 Å². The molecule has 0 aromatic heterocycles. The first-order chi connectivity index (χ1) is 13.5. The summed E-state index contributed by atoms with van der Waals surface area (Å²) < 4.78 is 6.19. The van der Waals surface area contributed by atoms with Crippen LogP contribution in [0, 0.1) is 17.8 Å². The molecule has 28 heavy (non-hydrogen) atoms. The highest BCUT2D eigenvalue weighted by Crippen LogP contribution is 2.69. The zero-order chi connectivity index (χ0) is 19.4. The first-order valence-electron chi connectivity index (χ1n) is 10.6. The summed E-state index contributed by atoms with van der Waals surface area (Å²) in [5, 5.41) is 11.2. The minimum Gasteiger partial charge on any atom is -0.460 e. The summed E-state index contributed by atoms with van der Waals surface area (Å²) in [6.45, 7) is 2.17. The van der Waals surface area contributed by atoms with Crippen LogP contribution < -0.4 is 4.90 Å². The number of likely N-dealkylation sites (N-methyl/N-ethyl adjacent to an activating group) is 1. The molecule has 1 aromatic rings. The molecule has 5 fully saturated rings. The number of alkyl halides is 1. The third kappa shape index (κ3) is 1.76. The third-order valence-corrected chi connectivity index (χ3v) is 9.01. The van der Waals surface area contributed by atoms with Gasteiger partial charge in [-0.15, -0.1) is 11.6 Å². The SMILES string of the molecule is CC[C@@H]1[C@@H]2C[C@H]3[C@@H]4N(C)c5ccccc5[C@]45C[C@@H](C2[C@H]5OC(=O)CCl)N3[C@H]1O. The molecule has 1 spiro atoms. The van der Waals surface area contributed by atoms with Gasteiger partial charge in [-0.2, -0.15) is 0 Å². The Morgan fingerprint density at radius 1 is 1.36 bits per heavy atom. The number of para-hydroxylation sites is 1. The van der Waals surface area contributed by atoms with Gasteiger partial charge < -0.3 is 14.7 Å². The molecule has 5 aliphatic heterocycles. The van der Waals surface area contributed by atoms with Crippen molar-refractivity contribution in [3.05, 3.63) is 29.8 Å². The first-order valence-corrected chi connectivity index (χ1v) is 11.1. The Balaban J connectivity index is 1.57. The van der Waals surface area contributed by atoms with E-state index in [1.165, 1.54) is 11.3 Å². The van der Waals surface area contributed by atoms with Gasteiger partial charge in [-0.05, 0) is 36.8 Å². The van der Waals surface area contributed by atoms with Crippen LogP contribution >= 0.6 is 11.6 Å². The number of halogens is 1. The minimum absolute atomic E-state index is 0.107. The summed E-state index contributed by atoms with van der Waals surface area (Å²) >= 11 is 5.87. The smallest absolute Gasteiger partial charge is 0.321 e. The van der Waals surface area contributed by atoms with Gasteiger partial charge in [0.05, 0.1) is 11.5 Å². The molecule has 10 atom stereocenters. The van der Waals surface area contributed by atoms with Crippen molar-refractivity contribution in [1.82, 2.24) is 4.90 Å². The topological polar surface area (TPSA) is 53.0 Å². The van der Waals surface area contributed by atoms with Crippen LogP contribution in [0.25, 0.3) is 0 Å². The molecule has 1 aromatic carbocycles. The molecule has 6 heteroatoms. The van der Waals surface area contributed by atoms with Crippen LogP contribution in [0.1, 0.15) is 31.7 Å². The Morgan fingerprint density at radius 3 is 2.89 bits per heavy atom. The summed E-state index contributed by atoms with van der Waals surface area (Å²) in [6, 6.07) is 9.40. The largest absolute Gasteiger partial charge is 0.460 e. The maximum atomic E-state index is 12.4. The minimum atomic E-state index is -0.382. The van der Waals surface area contributed by atoms with Crippen molar-refractivity contribution in [2.45, 2.75) is 62.1 Å². The quantitative estimate of drug-likeness (QED) is 0.621. The van der Waals surface area contributed by atoms with E-state index in [1.54, 1.807) is 0 Å². The molecule has 1 aliphatic carbocycles. The second-order valence-corrected chi connectivity index (χ2v) is 9.67. The van der Waals surface area contributed by atoms with Crippen molar-refractivity contribution in [1.29, 1.82) is 0 Å². The van der Waals surface area contributed by atoms with Gasteiger partial charge in [-0.1, -0.05) is 25.1 Å². The van der Waals surface area contributed by atoms with Crippen molar-refractivity contribution >= 4 is 23.3 Å².